The highest BCUT2D eigenvalue weighted by Crippen LogP contribution is 2.79. The van der Waals surface area contributed by atoms with E-state index < -0.39 is 24.1 Å². The molecular weight excluding hydrogens is 303 g/mol. The normalized spacial score (nSPS) is 29.9. The second kappa shape index (κ2) is 6.35. The second-order valence-corrected chi connectivity index (χ2v) is 8.60. The Morgan fingerprint density at radius 2 is 1.70 bits per heavy atom. The van der Waals surface area contributed by atoms with Gasteiger partial charge in [0.2, 0.25) is 0 Å². The van der Waals surface area contributed by atoms with Gasteiger partial charge in [0.25, 0.3) is 0 Å². The number of ether oxygens (including phenoxy) is 1. The van der Waals surface area contributed by atoms with Crippen molar-refractivity contribution < 1.29 is 23.1 Å². The molecule has 0 unspecified atom stereocenters. The third-order valence-corrected chi connectivity index (χ3v) is 7.25. The summed E-state index contributed by atoms with van der Waals surface area (Å²) in [6.07, 6.45) is -0.628. The van der Waals surface area contributed by atoms with Crippen LogP contribution < -0.4 is 0 Å². The van der Waals surface area contributed by atoms with Gasteiger partial charge in [0.15, 0.2) is 4.62 Å². The van der Waals surface area contributed by atoms with Gasteiger partial charge in [-0.3, -0.25) is 9.36 Å². The van der Waals surface area contributed by atoms with Crippen LogP contribution >= 0.6 is 19.2 Å². The van der Waals surface area contributed by atoms with Crippen LogP contribution in [0, 0.1) is 11.8 Å². The number of esters is 1. The molecule has 1 fully saturated rings. The number of hydrogen-bond acceptors (Lipinski definition) is 5. The van der Waals surface area contributed by atoms with Crippen molar-refractivity contribution in [3.05, 3.63) is 0 Å². The molecule has 5 nitrogen and oxygen atoms in total. The van der Waals surface area contributed by atoms with E-state index in [-0.39, 0.29) is 24.7 Å². The van der Waals surface area contributed by atoms with Crippen LogP contribution in [0.15, 0.2) is 0 Å². The van der Waals surface area contributed by atoms with Gasteiger partial charge < -0.3 is 13.8 Å². The van der Waals surface area contributed by atoms with Gasteiger partial charge in [-0.05, 0) is 34.6 Å². The van der Waals surface area contributed by atoms with Gasteiger partial charge in [0.1, 0.15) is 0 Å². The average Bonchev–Trinajstić information content (AvgIpc) is 2.81. The molecule has 0 aromatic rings. The average molecular weight is 327 g/mol. The van der Waals surface area contributed by atoms with E-state index in [0.29, 0.717) is 0 Å². The molecule has 1 aliphatic carbocycles. The molecule has 0 amide bonds. The third-order valence-electron chi connectivity index (χ3n) is 3.13. The van der Waals surface area contributed by atoms with E-state index in [4.69, 9.17) is 25.4 Å². The minimum atomic E-state index is -3.63. The predicted octanol–water partition coefficient (Wildman–Crippen LogP) is 3.79. The summed E-state index contributed by atoms with van der Waals surface area (Å²) in [7, 11) is -3.63. The first-order chi connectivity index (χ1) is 9.10. The van der Waals surface area contributed by atoms with Crippen molar-refractivity contribution in [2.75, 3.05) is 6.61 Å². The lowest BCUT2D eigenvalue weighted by molar-refractivity contribution is -0.145. The smallest absolute Gasteiger partial charge is 0.353 e. The molecular formula is C13H24ClO5P. The van der Waals surface area contributed by atoms with Crippen molar-refractivity contribution in [3.63, 3.8) is 0 Å². The number of carbonyl (C=O) groups is 1. The molecule has 7 heteroatoms. The van der Waals surface area contributed by atoms with Crippen LogP contribution in [0.25, 0.3) is 0 Å². The highest BCUT2D eigenvalue weighted by Gasteiger charge is 2.77. The van der Waals surface area contributed by atoms with Gasteiger partial charge in [0.05, 0.1) is 24.7 Å². The zero-order valence-corrected chi connectivity index (χ0v) is 14.5. The first-order valence-electron chi connectivity index (χ1n) is 6.92. The van der Waals surface area contributed by atoms with Crippen LogP contribution in [0.1, 0.15) is 41.5 Å². The van der Waals surface area contributed by atoms with Gasteiger partial charge in [-0.1, -0.05) is 6.92 Å². The molecule has 20 heavy (non-hydrogen) atoms. The Labute approximate surface area is 125 Å². The van der Waals surface area contributed by atoms with E-state index in [1.54, 1.807) is 41.5 Å². The van der Waals surface area contributed by atoms with E-state index in [9.17, 15) is 9.36 Å². The summed E-state index contributed by atoms with van der Waals surface area (Å²) < 4.78 is 27.7. The Morgan fingerprint density at radius 3 is 2.05 bits per heavy atom. The second-order valence-electron chi connectivity index (χ2n) is 5.55. The maximum Gasteiger partial charge on any atom is 0.353 e. The Balaban J connectivity index is 3.02. The molecule has 0 aliphatic heterocycles. The summed E-state index contributed by atoms with van der Waals surface area (Å²) in [5.74, 6) is -1.42. The van der Waals surface area contributed by atoms with Gasteiger partial charge in [-0.15, -0.1) is 11.6 Å². The Morgan fingerprint density at radius 1 is 1.25 bits per heavy atom. The molecule has 1 rings (SSSR count). The van der Waals surface area contributed by atoms with Crippen molar-refractivity contribution in [2.45, 2.75) is 58.4 Å². The minimum absolute atomic E-state index is 0.259. The lowest BCUT2D eigenvalue weighted by Gasteiger charge is -2.27. The zero-order chi connectivity index (χ0) is 15.7. The van der Waals surface area contributed by atoms with Crippen LogP contribution in [-0.4, -0.2) is 29.4 Å². The molecule has 0 radical (unpaired) electrons. The molecule has 3 atom stereocenters. The summed E-state index contributed by atoms with van der Waals surface area (Å²) in [4.78, 5) is 11.9. The molecule has 0 bridgehead atoms. The highest BCUT2D eigenvalue weighted by atomic mass is 35.5. The fraction of sp³-hybridized carbons (Fsp3) is 0.923. The number of rotatable bonds is 7. The zero-order valence-electron chi connectivity index (χ0n) is 12.9. The van der Waals surface area contributed by atoms with E-state index >= 15 is 0 Å². The topological polar surface area (TPSA) is 61.8 Å². The summed E-state index contributed by atoms with van der Waals surface area (Å²) in [5, 5.41) is 0. The number of hydrogen-bond donors (Lipinski definition) is 0. The van der Waals surface area contributed by atoms with Crippen molar-refractivity contribution in [1.29, 1.82) is 0 Å². The molecule has 0 saturated heterocycles. The molecule has 0 aromatic carbocycles. The van der Waals surface area contributed by atoms with E-state index in [2.05, 4.69) is 0 Å². The Bertz CT molecular complexity index is 398. The molecule has 0 spiro atoms. The number of carbonyl (C=O) groups excluding carboxylic acids is 1. The molecule has 0 heterocycles. The number of alkyl halides is 1. The summed E-state index contributed by atoms with van der Waals surface area (Å²) >= 11 is 6.47. The van der Waals surface area contributed by atoms with E-state index in [0.717, 1.165) is 0 Å². The van der Waals surface area contributed by atoms with Gasteiger partial charge in [-0.2, -0.15) is 0 Å². The Hall–Kier alpha value is -0.0900. The van der Waals surface area contributed by atoms with Gasteiger partial charge in [0, 0.05) is 5.92 Å². The van der Waals surface area contributed by atoms with Crippen LogP contribution in [0.2, 0.25) is 0 Å². The third kappa shape index (κ3) is 3.22. The van der Waals surface area contributed by atoms with Crippen LogP contribution in [0.4, 0.5) is 0 Å². The summed E-state index contributed by atoms with van der Waals surface area (Å²) in [5.41, 5.74) is 0. The maximum atomic E-state index is 13.1. The number of halogens is 1. The van der Waals surface area contributed by atoms with Crippen molar-refractivity contribution in [3.8, 4) is 0 Å². The molecule has 0 aromatic heterocycles. The molecule has 1 saturated carbocycles. The van der Waals surface area contributed by atoms with Gasteiger partial charge in [-0.25, -0.2) is 0 Å². The first-order valence-corrected chi connectivity index (χ1v) is 8.84. The quantitative estimate of drug-likeness (QED) is 0.404. The van der Waals surface area contributed by atoms with Crippen LogP contribution in [-0.2, 0) is 23.1 Å². The van der Waals surface area contributed by atoms with Crippen molar-refractivity contribution in [1.82, 2.24) is 0 Å². The van der Waals surface area contributed by atoms with Crippen molar-refractivity contribution >= 4 is 25.2 Å². The molecule has 1 aliphatic rings. The maximum absolute atomic E-state index is 13.1. The predicted molar refractivity (Wildman–Crippen MR) is 77.9 cm³/mol. The van der Waals surface area contributed by atoms with E-state index in [1.807, 2.05) is 0 Å². The largest absolute Gasteiger partial charge is 0.466 e. The standard InChI is InChI=1S/C13H24ClO5P/c1-7-17-12(15)11-10(6)13(11,14)20(16,18-8(2)3)19-9(4)5/h8-11H,7H2,1-6H3/t10-,11+,13+/m0/s1. The molecule has 0 N–H and O–H groups in total. The first kappa shape index (κ1) is 18.0. The highest BCUT2D eigenvalue weighted by molar-refractivity contribution is 7.58. The molecule has 118 valence electrons. The lowest BCUT2D eigenvalue weighted by atomic mass is 10.3. The minimum Gasteiger partial charge on any atom is -0.466 e. The monoisotopic (exact) mass is 326 g/mol. The fourth-order valence-corrected chi connectivity index (χ4v) is 5.57. The summed E-state index contributed by atoms with van der Waals surface area (Å²) in [6.45, 7) is 10.7. The fourth-order valence-electron chi connectivity index (χ4n) is 2.27. The van der Waals surface area contributed by atoms with Crippen LogP contribution in [0.3, 0.4) is 0 Å². The van der Waals surface area contributed by atoms with Crippen LogP contribution in [0.5, 0.6) is 0 Å². The SMILES string of the molecule is CCOC(=O)[C@H]1[C@H](C)[C@@]1(Cl)P(=O)(OC(C)C)OC(C)C. The Kier molecular flexibility index (Phi) is 5.70. The lowest BCUT2D eigenvalue weighted by Crippen LogP contribution is -2.20. The summed E-state index contributed by atoms with van der Waals surface area (Å²) in [6, 6.07) is 0. The van der Waals surface area contributed by atoms with E-state index in [1.165, 1.54) is 0 Å². The van der Waals surface area contributed by atoms with Gasteiger partial charge >= 0.3 is 13.6 Å². The van der Waals surface area contributed by atoms with Crippen molar-refractivity contribution in [2.24, 2.45) is 11.8 Å².